The zero-order valence-corrected chi connectivity index (χ0v) is 10.9. The van der Waals surface area contributed by atoms with Gasteiger partial charge in [-0.3, -0.25) is 4.98 Å². The topological polar surface area (TPSA) is 50.7 Å². The Kier molecular flexibility index (Phi) is 4.17. The maximum absolute atomic E-state index is 4.30. The van der Waals surface area contributed by atoms with Crippen LogP contribution in [0, 0.1) is 5.92 Å². The molecule has 2 aromatic rings. The van der Waals surface area contributed by atoms with Crippen LogP contribution < -0.4 is 5.32 Å². The minimum Gasteiger partial charge on any atom is -0.311 e. The maximum atomic E-state index is 4.30. The quantitative estimate of drug-likeness (QED) is 0.882. The van der Waals surface area contributed by atoms with Crippen LogP contribution in [0.5, 0.6) is 0 Å². The summed E-state index contributed by atoms with van der Waals surface area (Å²) in [7, 11) is 0. The molecule has 0 saturated carbocycles. The predicted molar refractivity (Wildman–Crippen MR) is 69.7 cm³/mol. The van der Waals surface area contributed by atoms with Gasteiger partial charge in [0.15, 0.2) is 0 Å². The van der Waals surface area contributed by atoms with Crippen LogP contribution in [0.2, 0.25) is 0 Å². The van der Waals surface area contributed by atoms with Crippen LogP contribution in [-0.4, -0.2) is 21.1 Å². The summed E-state index contributed by atoms with van der Waals surface area (Å²) in [6, 6.07) is 5.83. The van der Waals surface area contributed by atoms with Gasteiger partial charge in [0.05, 0.1) is 10.6 Å². The smallest absolute Gasteiger partial charge is 0.128 e. The molecule has 0 radical (unpaired) electrons. The van der Waals surface area contributed by atoms with Crippen LogP contribution in [0.15, 0.2) is 24.4 Å². The zero-order valence-electron chi connectivity index (χ0n) is 10.1. The summed E-state index contributed by atoms with van der Waals surface area (Å²) in [4.78, 5) is 5.44. The Labute approximate surface area is 105 Å². The SMILES string of the molecule is CC(C)CNCc1snnc1-c1ccccn1. The van der Waals surface area contributed by atoms with Crippen LogP contribution in [0.3, 0.4) is 0 Å². The summed E-state index contributed by atoms with van der Waals surface area (Å²) < 4.78 is 4.01. The summed E-state index contributed by atoms with van der Waals surface area (Å²) in [5.74, 6) is 0.647. The molecule has 2 rings (SSSR count). The maximum Gasteiger partial charge on any atom is 0.128 e. The highest BCUT2D eigenvalue weighted by molar-refractivity contribution is 7.05. The molecular formula is C12H16N4S. The molecule has 0 fully saturated rings. The predicted octanol–water partition coefficient (Wildman–Crippen LogP) is 2.35. The molecule has 0 unspecified atom stereocenters. The number of nitrogens with one attached hydrogen (secondary N) is 1. The fourth-order valence-corrected chi connectivity index (χ4v) is 2.12. The molecule has 0 aliphatic heterocycles. The van der Waals surface area contributed by atoms with E-state index >= 15 is 0 Å². The molecule has 0 saturated heterocycles. The average molecular weight is 248 g/mol. The first-order valence-corrected chi connectivity index (χ1v) is 6.48. The van der Waals surface area contributed by atoms with Crippen molar-refractivity contribution in [2.45, 2.75) is 20.4 Å². The summed E-state index contributed by atoms with van der Waals surface area (Å²) in [5.41, 5.74) is 1.79. The molecule has 0 spiro atoms. The van der Waals surface area contributed by atoms with Gasteiger partial charge < -0.3 is 5.32 Å². The Hall–Kier alpha value is -1.33. The molecule has 0 aliphatic carbocycles. The molecule has 1 N–H and O–H groups in total. The Morgan fingerprint density at radius 2 is 2.24 bits per heavy atom. The van der Waals surface area contributed by atoms with Crippen molar-refractivity contribution in [3.05, 3.63) is 29.3 Å². The summed E-state index contributed by atoms with van der Waals surface area (Å²) in [6.45, 7) is 6.19. The van der Waals surface area contributed by atoms with Gasteiger partial charge in [0.1, 0.15) is 5.69 Å². The van der Waals surface area contributed by atoms with Crippen LogP contribution in [0.1, 0.15) is 18.7 Å². The number of hydrogen-bond donors (Lipinski definition) is 1. The zero-order chi connectivity index (χ0) is 12.1. The third-order valence-corrected chi connectivity index (χ3v) is 3.02. The van der Waals surface area contributed by atoms with Gasteiger partial charge in [-0.05, 0) is 36.1 Å². The van der Waals surface area contributed by atoms with Gasteiger partial charge in [-0.25, -0.2) is 0 Å². The summed E-state index contributed by atoms with van der Waals surface area (Å²) in [5, 5.41) is 7.55. The van der Waals surface area contributed by atoms with Crippen molar-refractivity contribution in [2.24, 2.45) is 5.92 Å². The monoisotopic (exact) mass is 248 g/mol. The molecule has 0 atom stereocenters. The molecule has 0 amide bonds. The molecule has 2 aromatic heterocycles. The lowest BCUT2D eigenvalue weighted by Crippen LogP contribution is -2.18. The van der Waals surface area contributed by atoms with E-state index in [0.29, 0.717) is 5.92 Å². The summed E-state index contributed by atoms with van der Waals surface area (Å²) in [6.07, 6.45) is 1.78. The lowest BCUT2D eigenvalue weighted by Gasteiger charge is -2.06. The largest absolute Gasteiger partial charge is 0.311 e. The van der Waals surface area contributed by atoms with Crippen molar-refractivity contribution in [2.75, 3.05) is 6.54 Å². The molecule has 17 heavy (non-hydrogen) atoms. The van der Waals surface area contributed by atoms with Crippen LogP contribution >= 0.6 is 11.5 Å². The second-order valence-electron chi connectivity index (χ2n) is 4.28. The number of aromatic nitrogens is 3. The number of hydrogen-bond acceptors (Lipinski definition) is 5. The minimum atomic E-state index is 0.647. The van der Waals surface area contributed by atoms with Crippen LogP contribution in [0.25, 0.3) is 11.4 Å². The van der Waals surface area contributed by atoms with Crippen molar-refractivity contribution in [1.29, 1.82) is 0 Å². The van der Waals surface area contributed by atoms with E-state index in [1.54, 1.807) is 6.20 Å². The van der Waals surface area contributed by atoms with Gasteiger partial charge in [0.25, 0.3) is 0 Å². The van der Waals surface area contributed by atoms with Crippen molar-refractivity contribution in [3.63, 3.8) is 0 Å². The van der Waals surface area contributed by atoms with Gasteiger partial charge in [0, 0.05) is 12.7 Å². The minimum absolute atomic E-state index is 0.647. The molecule has 2 heterocycles. The average Bonchev–Trinajstić information content (AvgIpc) is 2.78. The molecule has 5 heteroatoms. The van der Waals surface area contributed by atoms with Gasteiger partial charge in [-0.1, -0.05) is 24.4 Å². The first-order valence-electron chi connectivity index (χ1n) is 5.70. The standard InChI is InChI=1S/C12H16N4S/c1-9(2)7-13-8-11-12(15-16-17-11)10-5-3-4-6-14-10/h3-6,9,13H,7-8H2,1-2H3. The highest BCUT2D eigenvalue weighted by atomic mass is 32.1. The van der Waals surface area contributed by atoms with E-state index in [2.05, 4.69) is 33.7 Å². The van der Waals surface area contributed by atoms with Crippen molar-refractivity contribution >= 4 is 11.5 Å². The van der Waals surface area contributed by atoms with E-state index < -0.39 is 0 Å². The number of nitrogens with zero attached hydrogens (tertiary/aromatic N) is 3. The van der Waals surface area contributed by atoms with Gasteiger partial charge in [-0.2, -0.15) is 0 Å². The van der Waals surface area contributed by atoms with E-state index in [4.69, 9.17) is 0 Å². The molecular weight excluding hydrogens is 232 g/mol. The Bertz CT molecular complexity index is 453. The van der Waals surface area contributed by atoms with E-state index in [-0.39, 0.29) is 0 Å². The molecule has 90 valence electrons. The third-order valence-electron chi connectivity index (χ3n) is 2.30. The van der Waals surface area contributed by atoms with E-state index in [1.807, 2.05) is 18.2 Å². The van der Waals surface area contributed by atoms with Gasteiger partial charge >= 0.3 is 0 Å². The van der Waals surface area contributed by atoms with Gasteiger partial charge in [0.2, 0.25) is 0 Å². The molecule has 0 aliphatic rings. The molecule has 0 bridgehead atoms. The normalized spacial score (nSPS) is 11.0. The first-order chi connectivity index (χ1) is 8.27. The Morgan fingerprint density at radius 1 is 1.35 bits per heavy atom. The first kappa shape index (κ1) is 12.1. The lowest BCUT2D eigenvalue weighted by molar-refractivity contribution is 0.555. The number of rotatable bonds is 5. The molecule has 0 aromatic carbocycles. The number of pyridine rings is 1. The van der Waals surface area contributed by atoms with Crippen molar-refractivity contribution < 1.29 is 0 Å². The lowest BCUT2D eigenvalue weighted by atomic mass is 10.2. The fourth-order valence-electron chi connectivity index (χ4n) is 1.50. The van der Waals surface area contributed by atoms with Gasteiger partial charge in [-0.15, -0.1) is 5.10 Å². The molecule has 4 nitrogen and oxygen atoms in total. The van der Waals surface area contributed by atoms with Crippen LogP contribution in [-0.2, 0) is 6.54 Å². The van der Waals surface area contributed by atoms with E-state index in [1.165, 1.54) is 11.5 Å². The third kappa shape index (κ3) is 3.31. The Morgan fingerprint density at radius 3 is 2.94 bits per heavy atom. The second-order valence-corrected chi connectivity index (χ2v) is 5.12. The summed E-state index contributed by atoms with van der Waals surface area (Å²) >= 11 is 1.43. The van der Waals surface area contributed by atoms with E-state index in [0.717, 1.165) is 29.4 Å². The Balaban J connectivity index is 2.07. The van der Waals surface area contributed by atoms with Crippen molar-refractivity contribution in [3.8, 4) is 11.4 Å². The fraction of sp³-hybridized carbons (Fsp3) is 0.417. The van der Waals surface area contributed by atoms with E-state index in [9.17, 15) is 0 Å². The van der Waals surface area contributed by atoms with Crippen molar-refractivity contribution in [1.82, 2.24) is 19.9 Å². The highest BCUT2D eigenvalue weighted by Gasteiger charge is 2.10. The second kappa shape index (κ2) is 5.84. The van der Waals surface area contributed by atoms with Crippen LogP contribution in [0.4, 0.5) is 0 Å². The highest BCUT2D eigenvalue weighted by Crippen LogP contribution is 2.21.